The van der Waals surface area contributed by atoms with Crippen LogP contribution in [0.5, 0.6) is 5.75 Å². The van der Waals surface area contributed by atoms with Crippen molar-refractivity contribution in [3.05, 3.63) is 64.7 Å². The molecule has 0 aliphatic carbocycles. The summed E-state index contributed by atoms with van der Waals surface area (Å²) in [6.45, 7) is 0. The summed E-state index contributed by atoms with van der Waals surface area (Å²) in [4.78, 5) is 0. The van der Waals surface area contributed by atoms with Gasteiger partial charge in [-0.2, -0.15) is 0 Å². The van der Waals surface area contributed by atoms with Crippen molar-refractivity contribution in [2.45, 2.75) is 0 Å². The Morgan fingerprint density at radius 2 is 1.29 bits per heavy atom. The smallest absolute Gasteiger partial charge is 0.122 e. The first kappa shape index (κ1) is 14.3. The van der Waals surface area contributed by atoms with E-state index in [0.29, 0.717) is 11.1 Å². The third kappa shape index (κ3) is 3.70. The fourth-order valence-electron chi connectivity index (χ4n) is 1.84. The molecule has 0 saturated carbocycles. The summed E-state index contributed by atoms with van der Waals surface area (Å²) >= 11 is 0. The van der Waals surface area contributed by atoms with Gasteiger partial charge in [0, 0.05) is 11.1 Å². The van der Waals surface area contributed by atoms with E-state index in [9.17, 15) is 5.11 Å². The molecule has 0 fully saturated rings. The molecular formula is C16H16N4O. The van der Waals surface area contributed by atoms with Gasteiger partial charge in [0.2, 0.25) is 0 Å². The fraction of sp³-hybridized carbons (Fsp3) is 0. The molecule has 0 unspecified atom stereocenters. The molecule has 5 nitrogen and oxygen atoms in total. The van der Waals surface area contributed by atoms with E-state index >= 15 is 0 Å². The molecule has 2 aromatic rings. The van der Waals surface area contributed by atoms with Gasteiger partial charge in [-0.25, -0.2) is 0 Å². The molecule has 21 heavy (non-hydrogen) atoms. The van der Waals surface area contributed by atoms with Crippen LogP contribution < -0.4 is 11.5 Å². The first-order chi connectivity index (χ1) is 9.95. The van der Waals surface area contributed by atoms with Crippen LogP contribution in [0.1, 0.15) is 22.3 Å². The standard InChI is InChI=1S/C16H16N4O/c17-15(18)12-7-11(8-13(9-12)16(19)20)2-1-10-3-5-14(21)6-4-10/h1-9,21H,(H3,17,18)(H3,19,20). The molecule has 5 heteroatoms. The second kappa shape index (κ2) is 5.92. The molecule has 0 amide bonds. The van der Waals surface area contributed by atoms with Crippen molar-refractivity contribution in [2.24, 2.45) is 11.5 Å². The number of hydrogen-bond acceptors (Lipinski definition) is 3. The first-order valence-corrected chi connectivity index (χ1v) is 6.27. The van der Waals surface area contributed by atoms with Crippen LogP contribution in [-0.4, -0.2) is 16.8 Å². The van der Waals surface area contributed by atoms with E-state index in [-0.39, 0.29) is 17.4 Å². The number of benzene rings is 2. The second-order valence-corrected chi connectivity index (χ2v) is 4.60. The lowest BCUT2D eigenvalue weighted by Gasteiger charge is -2.05. The molecule has 106 valence electrons. The monoisotopic (exact) mass is 280 g/mol. The van der Waals surface area contributed by atoms with Gasteiger partial charge >= 0.3 is 0 Å². The highest BCUT2D eigenvalue weighted by molar-refractivity contribution is 6.01. The molecule has 0 spiro atoms. The van der Waals surface area contributed by atoms with Gasteiger partial charge in [0.05, 0.1) is 0 Å². The van der Waals surface area contributed by atoms with Gasteiger partial charge in [-0.05, 0) is 41.5 Å². The number of hydrogen-bond donors (Lipinski definition) is 5. The number of nitrogen functional groups attached to an aromatic ring is 2. The van der Waals surface area contributed by atoms with Crippen LogP contribution in [0.15, 0.2) is 42.5 Å². The van der Waals surface area contributed by atoms with E-state index in [1.165, 1.54) is 0 Å². The molecule has 0 radical (unpaired) electrons. The average molecular weight is 280 g/mol. The Morgan fingerprint density at radius 3 is 1.76 bits per heavy atom. The summed E-state index contributed by atoms with van der Waals surface area (Å²) in [5, 5.41) is 24.2. The van der Waals surface area contributed by atoms with Crippen molar-refractivity contribution in [1.82, 2.24) is 0 Å². The van der Waals surface area contributed by atoms with Crippen molar-refractivity contribution in [1.29, 1.82) is 10.8 Å². The van der Waals surface area contributed by atoms with E-state index < -0.39 is 0 Å². The van der Waals surface area contributed by atoms with E-state index in [0.717, 1.165) is 11.1 Å². The number of nitrogens with two attached hydrogens (primary N) is 2. The quantitative estimate of drug-likeness (QED) is 0.335. The zero-order valence-corrected chi connectivity index (χ0v) is 11.3. The van der Waals surface area contributed by atoms with Crippen LogP contribution >= 0.6 is 0 Å². The van der Waals surface area contributed by atoms with Crippen molar-refractivity contribution < 1.29 is 5.11 Å². The topological polar surface area (TPSA) is 120 Å². The summed E-state index contributed by atoms with van der Waals surface area (Å²) in [5.41, 5.74) is 13.7. The zero-order chi connectivity index (χ0) is 15.4. The molecule has 2 rings (SSSR count). The first-order valence-electron chi connectivity index (χ1n) is 6.27. The summed E-state index contributed by atoms with van der Waals surface area (Å²) in [5.74, 6) is 0.0689. The highest BCUT2D eigenvalue weighted by Crippen LogP contribution is 2.15. The van der Waals surface area contributed by atoms with Gasteiger partial charge < -0.3 is 16.6 Å². The van der Waals surface area contributed by atoms with Crippen LogP contribution in [0.3, 0.4) is 0 Å². The molecule has 0 aromatic heterocycles. The van der Waals surface area contributed by atoms with Gasteiger partial charge in [-0.15, -0.1) is 0 Å². The van der Waals surface area contributed by atoms with E-state index in [1.807, 2.05) is 12.2 Å². The van der Waals surface area contributed by atoms with Crippen molar-refractivity contribution >= 4 is 23.8 Å². The van der Waals surface area contributed by atoms with Crippen molar-refractivity contribution in [2.75, 3.05) is 0 Å². The van der Waals surface area contributed by atoms with Crippen LogP contribution in [-0.2, 0) is 0 Å². The Labute approximate surface area is 122 Å². The Hall–Kier alpha value is -3.08. The third-order valence-electron chi connectivity index (χ3n) is 2.94. The van der Waals surface area contributed by atoms with Gasteiger partial charge in [-0.3, -0.25) is 10.8 Å². The summed E-state index contributed by atoms with van der Waals surface area (Å²) in [6, 6.07) is 11.9. The maximum absolute atomic E-state index is 9.24. The van der Waals surface area contributed by atoms with Crippen LogP contribution in [0, 0.1) is 10.8 Å². The minimum Gasteiger partial charge on any atom is -0.508 e. The second-order valence-electron chi connectivity index (χ2n) is 4.60. The fourth-order valence-corrected chi connectivity index (χ4v) is 1.84. The highest BCUT2D eigenvalue weighted by Gasteiger charge is 2.04. The molecule has 0 aliphatic rings. The lowest BCUT2D eigenvalue weighted by Crippen LogP contribution is -2.15. The number of aromatic hydroxyl groups is 1. The Morgan fingerprint density at radius 1 is 0.810 bits per heavy atom. The summed E-state index contributed by atoms with van der Waals surface area (Å²) in [7, 11) is 0. The maximum atomic E-state index is 9.24. The largest absolute Gasteiger partial charge is 0.508 e. The molecule has 0 atom stereocenters. The van der Waals surface area contributed by atoms with Gasteiger partial charge in [0.25, 0.3) is 0 Å². The Kier molecular flexibility index (Phi) is 4.04. The Balaban J connectivity index is 2.36. The molecule has 7 N–H and O–H groups in total. The minimum absolute atomic E-state index is 0.0719. The molecule has 2 aromatic carbocycles. The number of phenolic OH excluding ortho intramolecular Hbond substituents is 1. The minimum atomic E-state index is -0.0719. The molecule has 0 aliphatic heterocycles. The maximum Gasteiger partial charge on any atom is 0.122 e. The molecular weight excluding hydrogens is 264 g/mol. The lowest BCUT2D eigenvalue weighted by molar-refractivity contribution is 0.475. The predicted molar refractivity (Wildman–Crippen MR) is 85.5 cm³/mol. The summed E-state index contributed by atoms with van der Waals surface area (Å²) in [6.07, 6.45) is 3.70. The van der Waals surface area contributed by atoms with Gasteiger partial charge in [0.15, 0.2) is 0 Å². The highest BCUT2D eigenvalue weighted by atomic mass is 16.3. The number of nitrogens with one attached hydrogen (secondary N) is 2. The molecule has 0 heterocycles. The van der Waals surface area contributed by atoms with Gasteiger partial charge in [0.1, 0.15) is 17.4 Å². The van der Waals surface area contributed by atoms with Crippen LogP contribution in [0.2, 0.25) is 0 Å². The number of phenols is 1. The van der Waals surface area contributed by atoms with Gasteiger partial charge in [-0.1, -0.05) is 24.3 Å². The SMILES string of the molecule is N=C(N)c1cc(C=Cc2ccc(O)cc2)cc(C(=N)N)c1. The van der Waals surface area contributed by atoms with E-state index in [4.69, 9.17) is 22.3 Å². The van der Waals surface area contributed by atoms with Crippen LogP contribution in [0.4, 0.5) is 0 Å². The molecule has 0 saturated heterocycles. The van der Waals surface area contributed by atoms with Crippen molar-refractivity contribution in [3.8, 4) is 5.75 Å². The van der Waals surface area contributed by atoms with Crippen molar-refractivity contribution in [3.63, 3.8) is 0 Å². The lowest BCUT2D eigenvalue weighted by atomic mass is 10.0. The van der Waals surface area contributed by atoms with Crippen LogP contribution in [0.25, 0.3) is 12.2 Å². The number of rotatable bonds is 4. The average Bonchev–Trinajstić information content (AvgIpc) is 2.46. The number of amidine groups is 2. The molecule has 0 bridgehead atoms. The zero-order valence-electron chi connectivity index (χ0n) is 11.3. The Bertz CT molecular complexity index is 685. The third-order valence-corrected chi connectivity index (χ3v) is 2.94. The summed E-state index contributed by atoms with van der Waals surface area (Å²) < 4.78 is 0. The predicted octanol–water partition coefficient (Wildman–Crippen LogP) is 2.13. The van der Waals surface area contributed by atoms with E-state index in [1.54, 1.807) is 42.5 Å². The van der Waals surface area contributed by atoms with E-state index in [2.05, 4.69) is 0 Å². The normalized spacial score (nSPS) is 10.7.